The molecular weight excluding hydrogens is 336 g/mol. The monoisotopic (exact) mass is 352 g/mol. The van der Waals surface area contributed by atoms with Crippen LogP contribution in [0.15, 0.2) is 48.1 Å². The number of hydrogen-bond acceptors (Lipinski definition) is 6. The second-order valence-electron chi connectivity index (χ2n) is 5.68. The number of nitrogens with one attached hydrogen (secondary N) is 1. The highest BCUT2D eigenvalue weighted by Gasteiger charge is 2.28. The van der Waals surface area contributed by atoms with Crippen LogP contribution in [-0.4, -0.2) is 33.5 Å². The van der Waals surface area contributed by atoms with Crippen molar-refractivity contribution in [2.75, 3.05) is 6.54 Å². The first kappa shape index (κ1) is 15.7. The lowest BCUT2D eigenvalue weighted by Gasteiger charge is -2.10. The third-order valence-corrected chi connectivity index (χ3v) is 4.82. The Morgan fingerprint density at radius 2 is 2.08 bits per heavy atom. The van der Waals surface area contributed by atoms with Crippen molar-refractivity contribution in [3.63, 3.8) is 0 Å². The number of carbonyl (C=O) groups excluding carboxylic acids is 1. The molecule has 3 heterocycles. The number of hydrogen-bond donors (Lipinski definition) is 1. The van der Waals surface area contributed by atoms with E-state index < -0.39 is 6.10 Å². The summed E-state index contributed by atoms with van der Waals surface area (Å²) in [5, 5.41) is 5.69. The minimum atomic E-state index is -0.443. The molecule has 2 aromatic heterocycles. The highest BCUT2D eigenvalue weighted by Crippen LogP contribution is 2.28. The molecule has 0 saturated carbocycles. The number of nitrogens with zero attached hydrogens (tertiary/aromatic N) is 3. The summed E-state index contributed by atoms with van der Waals surface area (Å²) in [6, 6.07) is 9.53. The molecule has 0 fully saturated rings. The van der Waals surface area contributed by atoms with E-state index in [4.69, 9.17) is 4.74 Å². The molecule has 1 amide bonds. The number of carbonyl (C=O) groups is 1. The Balaban J connectivity index is 1.29. The van der Waals surface area contributed by atoms with Gasteiger partial charge in [0, 0.05) is 37.2 Å². The van der Waals surface area contributed by atoms with Gasteiger partial charge in [-0.2, -0.15) is 0 Å². The van der Waals surface area contributed by atoms with Gasteiger partial charge in [-0.1, -0.05) is 18.2 Å². The fourth-order valence-electron chi connectivity index (χ4n) is 2.69. The minimum Gasteiger partial charge on any atom is -0.480 e. The molecule has 1 aliphatic heterocycles. The second kappa shape index (κ2) is 6.98. The number of thiazole rings is 1. The predicted octanol–water partition coefficient (Wildman–Crippen LogP) is 2.26. The summed E-state index contributed by atoms with van der Waals surface area (Å²) >= 11 is 1.50. The zero-order valence-corrected chi connectivity index (χ0v) is 14.2. The van der Waals surface area contributed by atoms with E-state index in [1.807, 2.05) is 29.6 Å². The Morgan fingerprint density at radius 1 is 1.24 bits per heavy atom. The number of fused-ring (bicyclic) bond motifs is 1. The minimum absolute atomic E-state index is 0.0851. The summed E-state index contributed by atoms with van der Waals surface area (Å²) in [7, 11) is 0. The summed E-state index contributed by atoms with van der Waals surface area (Å²) in [4.78, 5) is 25.2. The van der Waals surface area contributed by atoms with Crippen LogP contribution in [0, 0.1) is 0 Å². The average molecular weight is 352 g/mol. The van der Waals surface area contributed by atoms with E-state index in [2.05, 4.69) is 20.3 Å². The van der Waals surface area contributed by atoms with E-state index in [-0.39, 0.29) is 5.91 Å². The summed E-state index contributed by atoms with van der Waals surface area (Å²) in [5.74, 6) is 1.34. The Bertz CT molecular complexity index is 857. The van der Waals surface area contributed by atoms with Crippen LogP contribution < -0.4 is 10.1 Å². The van der Waals surface area contributed by atoms with Gasteiger partial charge in [-0.25, -0.2) is 15.0 Å². The molecule has 25 heavy (non-hydrogen) atoms. The topological polar surface area (TPSA) is 77.0 Å². The van der Waals surface area contributed by atoms with Crippen molar-refractivity contribution in [2.24, 2.45) is 0 Å². The molecule has 0 aliphatic carbocycles. The number of ether oxygens (including phenoxy) is 1. The number of benzene rings is 1. The smallest absolute Gasteiger partial charge is 0.261 e. The molecule has 4 rings (SSSR count). The lowest BCUT2D eigenvalue weighted by molar-refractivity contribution is -0.127. The Hall–Kier alpha value is -2.80. The molecule has 1 unspecified atom stereocenters. The van der Waals surface area contributed by atoms with Crippen molar-refractivity contribution in [2.45, 2.75) is 18.9 Å². The lowest BCUT2D eigenvalue weighted by Crippen LogP contribution is -2.38. The van der Waals surface area contributed by atoms with Gasteiger partial charge in [0.2, 0.25) is 0 Å². The van der Waals surface area contributed by atoms with E-state index in [1.165, 1.54) is 11.3 Å². The summed E-state index contributed by atoms with van der Waals surface area (Å²) in [6.45, 7) is 0.522. The zero-order valence-electron chi connectivity index (χ0n) is 13.4. The van der Waals surface area contributed by atoms with Gasteiger partial charge >= 0.3 is 0 Å². The first-order valence-corrected chi connectivity index (χ1v) is 8.91. The molecule has 1 atom stereocenters. The van der Waals surface area contributed by atoms with Crippen molar-refractivity contribution in [1.82, 2.24) is 20.3 Å². The molecule has 126 valence electrons. The molecule has 0 radical (unpaired) electrons. The highest BCUT2D eigenvalue weighted by molar-refractivity contribution is 7.13. The molecule has 1 aromatic carbocycles. The van der Waals surface area contributed by atoms with E-state index >= 15 is 0 Å². The average Bonchev–Trinajstić information content (AvgIpc) is 3.29. The number of aromatic nitrogens is 3. The molecule has 0 spiro atoms. The SMILES string of the molecule is O=C(NCCc1csc(-c2ncccn2)n1)C1Cc2ccccc2O1. The quantitative estimate of drug-likeness (QED) is 0.762. The fraction of sp³-hybridized carbons (Fsp3) is 0.222. The van der Waals surface area contributed by atoms with Gasteiger partial charge in [0.15, 0.2) is 16.9 Å². The van der Waals surface area contributed by atoms with Crippen LogP contribution in [0.5, 0.6) is 5.75 Å². The maximum atomic E-state index is 12.3. The van der Waals surface area contributed by atoms with Crippen LogP contribution in [0.4, 0.5) is 0 Å². The van der Waals surface area contributed by atoms with E-state index in [1.54, 1.807) is 18.5 Å². The van der Waals surface area contributed by atoms with Crippen molar-refractivity contribution >= 4 is 17.2 Å². The van der Waals surface area contributed by atoms with Crippen molar-refractivity contribution in [3.8, 4) is 16.6 Å². The van der Waals surface area contributed by atoms with Crippen LogP contribution >= 0.6 is 11.3 Å². The highest BCUT2D eigenvalue weighted by atomic mass is 32.1. The number of rotatable bonds is 5. The molecule has 0 bridgehead atoms. The molecule has 6 nitrogen and oxygen atoms in total. The van der Waals surface area contributed by atoms with Crippen LogP contribution in [0.25, 0.3) is 10.8 Å². The molecular formula is C18H16N4O2S. The van der Waals surface area contributed by atoms with E-state index in [0.717, 1.165) is 22.0 Å². The first-order chi connectivity index (χ1) is 12.3. The zero-order chi connectivity index (χ0) is 17.1. The van der Waals surface area contributed by atoms with Crippen LogP contribution in [0.2, 0.25) is 0 Å². The third kappa shape index (κ3) is 3.51. The summed E-state index contributed by atoms with van der Waals surface area (Å²) in [5.41, 5.74) is 2.00. The van der Waals surface area contributed by atoms with Gasteiger partial charge in [0.1, 0.15) is 5.75 Å². The van der Waals surface area contributed by atoms with Crippen LogP contribution in [0.3, 0.4) is 0 Å². The Morgan fingerprint density at radius 3 is 2.92 bits per heavy atom. The van der Waals surface area contributed by atoms with Gasteiger partial charge in [-0.05, 0) is 17.7 Å². The lowest BCUT2D eigenvalue weighted by atomic mass is 10.1. The largest absolute Gasteiger partial charge is 0.480 e. The molecule has 0 saturated heterocycles. The number of para-hydroxylation sites is 1. The first-order valence-electron chi connectivity index (χ1n) is 8.03. The van der Waals surface area contributed by atoms with E-state index in [0.29, 0.717) is 25.2 Å². The maximum absolute atomic E-state index is 12.3. The van der Waals surface area contributed by atoms with E-state index in [9.17, 15) is 4.79 Å². The Labute approximate surface area is 148 Å². The second-order valence-corrected chi connectivity index (χ2v) is 6.53. The van der Waals surface area contributed by atoms with Gasteiger partial charge in [-0.15, -0.1) is 11.3 Å². The molecule has 3 aromatic rings. The summed E-state index contributed by atoms with van der Waals surface area (Å²) < 4.78 is 5.69. The normalized spacial score (nSPS) is 15.4. The van der Waals surface area contributed by atoms with Crippen LogP contribution in [0.1, 0.15) is 11.3 Å². The van der Waals surface area contributed by atoms with Crippen LogP contribution in [-0.2, 0) is 17.6 Å². The maximum Gasteiger partial charge on any atom is 0.261 e. The molecule has 1 aliphatic rings. The third-order valence-electron chi connectivity index (χ3n) is 3.93. The van der Waals surface area contributed by atoms with Crippen molar-refractivity contribution in [1.29, 1.82) is 0 Å². The van der Waals surface area contributed by atoms with Gasteiger partial charge < -0.3 is 10.1 Å². The predicted molar refractivity (Wildman–Crippen MR) is 94.4 cm³/mol. The Kier molecular flexibility index (Phi) is 4.39. The standard InChI is InChI=1S/C18H16N4O2S/c23-17(15-10-12-4-1-2-5-14(12)24-15)21-9-6-13-11-25-18(22-13)16-19-7-3-8-20-16/h1-5,7-8,11,15H,6,9-10H2,(H,21,23). The van der Waals surface area contributed by atoms with Crippen molar-refractivity contribution in [3.05, 3.63) is 59.4 Å². The van der Waals surface area contributed by atoms with Gasteiger partial charge in [0.05, 0.1) is 5.69 Å². The fourth-order valence-corrected chi connectivity index (χ4v) is 3.49. The summed E-state index contributed by atoms with van der Waals surface area (Å²) in [6.07, 6.45) is 4.23. The molecule has 7 heteroatoms. The number of amides is 1. The molecule has 1 N–H and O–H groups in total. The van der Waals surface area contributed by atoms with Gasteiger partial charge in [0.25, 0.3) is 5.91 Å². The van der Waals surface area contributed by atoms with Gasteiger partial charge in [-0.3, -0.25) is 4.79 Å². The van der Waals surface area contributed by atoms with Crippen molar-refractivity contribution < 1.29 is 9.53 Å².